The number of aliphatic carboxylic acids is 2. The number of aliphatic hydroxyl groups excluding tert-OH is 18. The lowest BCUT2D eigenvalue weighted by Gasteiger charge is -2.25. The Morgan fingerprint density at radius 2 is 0.986 bits per heavy atom. The van der Waals surface area contributed by atoms with Crippen molar-refractivity contribution in [1.29, 1.82) is 5.41 Å². The number of amides is 3. The maximum Gasteiger partial charge on any atom is 0.335 e. The molecule has 20 atom stereocenters. The summed E-state index contributed by atoms with van der Waals surface area (Å²) >= 11 is 2.04. The zero-order chi connectivity index (χ0) is 103. The van der Waals surface area contributed by atoms with Crippen molar-refractivity contribution in [3.8, 4) is 0 Å². The molecule has 5 aliphatic heterocycles. The second-order valence-corrected chi connectivity index (χ2v) is 37.8. The Morgan fingerprint density at radius 1 is 0.496 bits per heavy atom. The zero-order valence-electron chi connectivity index (χ0n) is 77.3. The first kappa shape index (κ1) is 113. The molecule has 1 fully saturated rings. The number of hydrogen-bond acceptors (Lipinski definition) is 29. The van der Waals surface area contributed by atoms with Crippen LogP contribution in [-0.4, -0.2) is 425 Å². The molecule has 0 aliphatic carbocycles. The summed E-state index contributed by atoms with van der Waals surface area (Å²) in [5.74, 6) is -29.9. The highest BCUT2D eigenvalue weighted by atomic mass is 32.2. The number of carboxylic acid groups (broad SMARTS) is 2. The molecule has 2 aromatic rings. The summed E-state index contributed by atoms with van der Waals surface area (Å²) in [4.78, 5) is 141. The van der Waals surface area contributed by atoms with Gasteiger partial charge in [-0.05, 0) is 87.3 Å². The number of aliphatic imine (C=N–C) groups is 17. The van der Waals surface area contributed by atoms with E-state index in [0.717, 1.165) is 23.5 Å². The number of guanidine groups is 1. The first-order valence-corrected chi connectivity index (χ1v) is 47.9. The van der Waals surface area contributed by atoms with Crippen LogP contribution in [0.2, 0.25) is 0 Å². The Hall–Kier alpha value is -13.0. The number of nitrogens with one attached hydrogen (secondary N) is 3. The molecule has 139 heavy (non-hydrogen) atoms. The molecule has 764 valence electrons. The first-order chi connectivity index (χ1) is 65.8. The molecule has 6 bridgehead atoms. The predicted octanol–water partition coefficient (Wildman–Crippen LogP) is 4.01. The van der Waals surface area contributed by atoms with Crippen LogP contribution in [0.4, 0.5) is 0 Å². The maximum atomic E-state index is 14.5. The van der Waals surface area contributed by atoms with Crippen LogP contribution >= 0.6 is 35.3 Å². The molecule has 7 rings (SSSR count). The van der Waals surface area contributed by atoms with E-state index >= 15 is 0 Å². The van der Waals surface area contributed by atoms with E-state index in [2.05, 4.69) is 95.5 Å². The van der Waals surface area contributed by atoms with E-state index in [-0.39, 0.29) is 76.9 Å². The number of thioether (sulfide) groups is 3. The number of benzene rings is 2. The SMILES string of the molecule is CC(C)C[C@@H]1N=C(O)[C@@H]2CCCN2C(=O)CN=C(O)[C@H](Cc2ccccc2)N=C(O)[C@@H]2CNCCCC[C@@H](C(=O)O)N=C(O)[C@@H]3N=C(O)[C@H](CC(N)=O)N=C(O)CN=C(O)[C@H]([C@@H](O)C(=O)O)N=C(O)[C@@H]4CSC[C@@H](N=C(O)[C@H](CCC(N)=O)N=C(O)[C@H](CCCNC(=N)N)N=C(O)[C@@H](N)CS[C@H]3C)C(O)=N[C@@H](CS[C@@H](C)[C@@H](N=C1O)C(O)=N[C@@H](Cc1ccccc1)C(O)=N[C@@H](C(C)C)C(O)=N4)C(O)=N2. The molecule has 31 N–H and O–H groups in total. The Kier molecular flexibility index (Phi) is 45.1. The van der Waals surface area contributed by atoms with Gasteiger partial charge in [-0.15, -0.1) is 0 Å². The van der Waals surface area contributed by atoms with Gasteiger partial charge in [0.05, 0.1) is 12.5 Å². The molecular formula is C86H127N25O25S3. The summed E-state index contributed by atoms with van der Waals surface area (Å²) in [6, 6.07) is -15.2. The Balaban J connectivity index is 1.74. The molecule has 1 saturated heterocycles. The van der Waals surface area contributed by atoms with E-state index in [0.29, 0.717) is 29.3 Å². The monoisotopic (exact) mass is 2010 g/mol. The van der Waals surface area contributed by atoms with Crippen molar-refractivity contribution >= 4 is 171 Å². The minimum atomic E-state index is -2.93. The van der Waals surface area contributed by atoms with E-state index < -0.39 is 329 Å². The quantitative estimate of drug-likeness (QED) is 0.0409. The van der Waals surface area contributed by atoms with Gasteiger partial charge in [-0.3, -0.25) is 19.8 Å². The van der Waals surface area contributed by atoms with E-state index in [1.807, 2.05) is 0 Å². The Morgan fingerprint density at radius 3 is 1.57 bits per heavy atom. The van der Waals surface area contributed by atoms with Crippen molar-refractivity contribution in [3.05, 3.63) is 71.8 Å². The minimum Gasteiger partial charge on any atom is -0.495 e. The van der Waals surface area contributed by atoms with Crippen LogP contribution in [0.5, 0.6) is 0 Å². The molecule has 0 radical (unpaired) electrons. The largest absolute Gasteiger partial charge is 0.495 e. The average molecular weight is 2010 g/mol. The summed E-state index contributed by atoms with van der Waals surface area (Å²) in [6.45, 7) is 6.41. The third-order valence-electron chi connectivity index (χ3n) is 21.9. The topological polar surface area (TPSA) is 855 Å². The second kappa shape index (κ2) is 55.5. The molecule has 0 unspecified atom stereocenters. The van der Waals surface area contributed by atoms with E-state index in [1.165, 1.54) is 32.6 Å². The number of nitrogens with two attached hydrogens (primary N) is 4. The fourth-order valence-electron chi connectivity index (χ4n) is 14.4. The minimum absolute atomic E-state index is 0.00698. The van der Waals surface area contributed by atoms with Crippen LogP contribution in [0.15, 0.2) is 146 Å². The molecule has 0 aromatic heterocycles. The smallest absolute Gasteiger partial charge is 0.335 e. The summed E-state index contributed by atoms with van der Waals surface area (Å²) in [5.41, 5.74) is 24.4. The first-order valence-electron chi connectivity index (χ1n) is 44.7. The van der Waals surface area contributed by atoms with Crippen LogP contribution in [-0.2, 0) is 36.8 Å². The highest BCUT2D eigenvalue weighted by Crippen LogP contribution is 2.29. The summed E-state index contributed by atoms with van der Waals surface area (Å²) < 4.78 is 0. The van der Waals surface area contributed by atoms with E-state index in [1.54, 1.807) is 74.5 Å². The predicted molar refractivity (Wildman–Crippen MR) is 535 cm³/mol. The lowest BCUT2D eigenvalue weighted by atomic mass is 10.0. The lowest BCUT2D eigenvalue weighted by molar-refractivity contribution is -0.147. The molecule has 2 aromatic carbocycles. The van der Waals surface area contributed by atoms with Crippen LogP contribution in [0.25, 0.3) is 0 Å². The molecular weight excluding hydrogens is 1880 g/mol. The van der Waals surface area contributed by atoms with Gasteiger partial charge < -0.3 is 141 Å². The lowest BCUT2D eigenvalue weighted by Crippen LogP contribution is -2.43. The molecule has 0 saturated carbocycles. The van der Waals surface area contributed by atoms with Gasteiger partial charge in [-0.2, -0.15) is 35.3 Å². The van der Waals surface area contributed by atoms with Gasteiger partial charge in [0.1, 0.15) is 97.7 Å². The number of rotatable bonds is 19. The van der Waals surface area contributed by atoms with Crippen molar-refractivity contribution in [2.45, 2.75) is 244 Å². The van der Waals surface area contributed by atoms with Crippen molar-refractivity contribution in [1.82, 2.24) is 15.5 Å². The number of carbonyl (C=O) groups excluding carboxylic acids is 3. The molecule has 5 heterocycles. The number of primary amides is 2. The zero-order valence-corrected chi connectivity index (χ0v) is 79.8. The molecule has 53 heteroatoms. The number of carbonyl (C=O) groups is 5. The molecule has 50 nitrogen and oxygen atoms in total. The van der Waals surface area contributed by atoms with Crippen LogP contribution in [0, 0.1) is 17.2 Å². The normalized spacial score (nSPS) is 28.4. The Bertz CT molecular complexity index is 5080. The molecule has 0 spiro atoms. The van der Waals surface area contributed by atoms with Gasteiger partial charge in [0, 0.05) is 72.4 Å². The van der Waals surface area contributed by atoms with Crippen LogP contribution < -0.4 is 33.6 Å². The maximum absolute atomic E-state index is 14.5. The van der Waals surface area contributed by atoms with Crippen LogP contribution in [0.3, 0.4) is 0 Å². The Labute approximate surface area is 812 Å². The number of fused-ring (bicyclic) bond motifs is 17. The van der Waals surface area contributed by atoms with Crippen molar-refractivity contribution in [2.75, 3.05) is 62.3 Å². The van der Waals surface area contributed by atoms with Gasteiger partial charge >= 0.3 is 11.9 Å². The fraction of sp³-hybridized carbons (Fsp3) is 0.593. The number of nitrogens with zero attached hydrogens (tertiary/aromatic N) is 18. The standard InChI is InChI=1S/C86H127N25O25S3/c1-40(2)29-50-72(121)108-65-43(6)139-39-57-77(126)103-54(75(124)100-51(30-44-17-9-7-10-18-44)69(118)95-35-62(115)111-28-16-23-58(111)79(128)101-50)33-92-26-14-13-21-49(84(133)134)99-82(131)64-42(5)138-36-46(87)68(117)97-47(22-15-27-93-86(90)91)70(119)98-48(24-25-59(88)112)71(120)104-55(76(125)105-57)37-137-38-56(106-81(130)63(41(3)4)107-73(122)52(102-83(65)132)31-45-19-11-8-12-20-45)78(127)110-66(67(116)85(135)136)80(129)94-34-61(114)96-53(32-60(89)113)74(123)109-64/h7-12,17-20,40-43,46-58,63-67,92,116H,13-16,21-39,87H2,1-6H3,(H2,88,112)(H2,89,113)(H,94,129)(H,95,118)(H,96,114)(H,97,117)(H,98,119)(H,99,131)(H,100,124)(H,101,128)(H,102,132)(H,103,126)(H,104,120)(H,105,125)(H,106,130)(H,107,122)(H,108,121)(H,109,123)(H,110,127)(H,133,134)(H,135,136)(H4,90,91,93)/t42-,43-,46-,47-,48-,49-,50-,51-,52-,53-,54-,55+,56-,57-,58-,63-,64+,65+,66-,67+/m0/s1. The third-order valence-corrected chi connectivity index (χ3v) is 25.7. The average Bonchev–Trinajstić information content (AvgIpc) is 1.79. The van der Waals surface area contributed by atoms with Gasteiger partial charge in [-0.25, -0.2) is 94.5 Å². The van der Waals surface area contributed by atoms with Crippen LogP contribution in [0.1, 0.15) is 123 Å². The third kappa shape index (κ3) is 36.4. The van der Waals surface area contributed by atoms with E-state index in [4.69, 9.17) is 28.3 Å². The van der Waals surface area contributed by atoms with E-state index in [9.17, 15) is 126 Å². The second-order valence-electron chi connectivity index (χ2n) is 33.9. The van der Waals surface area contributed by atoms with Crippen molar-refractivity contribution in [2.24, 2.45) is 120 Å². The molecule has 3 amide bonds. The summed E-state index contributed by atoms with van der Waals surface area (Å²) in [7, 11) is 0. The van der Waals surface area contributed by atoms with Gasteiger partial charge in [0.15, 0.2) is 30.0 Å². The number of aliphatic hydroxyl groups is 18. The number of carboxylic acids is 2. The van der Waals surface area contributed by atoms with Gasteiger partial charge in [0.2, 0.25) is 112 Å². The van der Waals surface area contributed by atoms with Crippen molar-refractivity contribution in [3.63, 3.8) is 0 Å². The van der Waals surface area contributed by atoms with Gasteiger partial charge in [-0.1, -0.05) is 102 Å². The summed E-state index contributed by atoms with van der Waals surface area (Å²) in [6.07, 6.45) is -6.44. The van der Waals surface area contributed by atoms with Gasteiger partial charge in [0.25, 0.3) is 0 Å². The molecule has 5 aliphatic rings. The fourth-order valence-corrected chi connectivity index (χ4v) is 17.5. The van der Waals surface area contributed by atoms with Crippen molar-refractivity contribution < 1.29 is 126 Å². The number of hydrogen-bond donors (Lipinski definition) is 27. The highest BCUT2D eigenvalue weighted by Gasteiger charge is 2.40. The highest BCUT2D eigenvalue weighted by molar-refractivity contribution is 8.00. The summed E-state index contributed by atoms with van der Waals surface area (Å²) in [5, 5.41) is 254.